The zero-order chi connectivity index (χ0) is 15.6. The number of piperazine rings is 1. The first-order chi connectivity index (χ1) is 9.88. The lowest BCUT2D eigenvalue weighted by atomic mass is 10.3. The van der Waals surface area contributed by atoms with Crippen molar-refractivity contribution in [2.24, 2.45) is 0 Å². The monoisotopic (exact) mass is 314 g/mol. The van der Waals surface area contributed by atoms with Crippen LogP contribution in [0.5, 0.6) is 11.5 Å². The van der Waals surface area contributed by atoms with E-state index in [4.69, 9.17) is 9.47 Å². The molecule has 1 aliphatic rings. The lowest BCUT2D eigenvalue weighted by molar-refractivity contribution is -0.134. The van der Waals surface area contributed by atoms with E-state index in [1.54, 1.807) is 0 Å². The first-order valence-corrected chi connectivity index (χ1v) is 7.37. The van der Waals surface area contributed by atoms with E-state index in [-0.39, 0.29) is 10.6 Å². The Balaban J connectivity index is 2.39. The molecule has 21 heavy (non-hydrogen) atoms. The quantitative estimate of drug-likeness (QED) is 0.741. The van der Waals surface area contributed by atoms with E-state index in [2.05, 4.69) is 0 Å². The van der Waals surface area contributed by atoms with Gasteiger partial charge in [0, 0.05) is 6.07 Å². The molecule has 1 saturated heterocycles. The summed E-state index contributed by atoms with van der Waals surface area (Å²) in [6.07, 6.45) is 0. The van der Waals surface area contributed by atoms with Gasteiger partial charge in [-0.05, 0) is 12.1 Å². The molecule has 1 heterocycles. The number of sulfonamides is 1. The summed E-state index contributed by atoms with van der Waals surface area (Å²) in [5, 5.41) is 2.04. The fraction of sp³-hybridized carbons (Fsp3) is 0.333. The number of hydrogen-bond acceptors (Lipinski definition) is 6. The summed E-state index contributed by atoms with van der Waals surface area (Å²) in [5.74, 6) is -0.694. The fourth-order valence-electron chi connectivity index (χ4n) is 1.91. The lowest BCUT2D eigenvalue weighted by Gasteiger charge is -2.25. The Morgan fingerprint density at radius 3 is 2.14 bits per heavy atom. The molecule has 114 valence electrons. The second-order valence-corrected chi connectivity index (χ2v) is 6.20. The maximum atomic E-state index is 12.4. The van der Waals surface area contributed by atoms with E-state index in [0.717, 1.165) is 4.31 Å². The number of hydrogen-bond donors (Lipinski definition) is 1. The minimum absolute atomic E-state index is 0.0809. The van der Waals surface area contributed by atoms with Gasteiger partial charge in [-0.1, -0.05) is 0 Å². The fourth-order valence-corrected chi connectivity index (χ4v) is 3.28. The number of ether oxygens (including phenoxy) is 2. The van der Waals surface area contributed by atoms with Crippen molar-refractivity contribution in [3.05, 3.63) is 18.2 Å². The van der Waals surface area contributed by atoms with Crippen LogP contribution < -0.4 is 14.8 Å². The summed E-state index contributed by atoms with van der Waals surface area (Å²) in [6, 6.07) is 4.05. The molecule has 0 aromatic heterocycles. The van der Waals surface area contributed by atoms with Crippen LogP contribution in [0.3, 0.4) is 0 Å². The van der Waals surface area contributed by atoms with Crippen LogP contribution >= 0.6 is 0 Å². The van der Waals surface area contributed by atoms with E-state index in [0.29, 0.717) is 5.75 Å². The predicted octanol–water partition coefficient (Wildman–Crippen LogP) is -0.649. The smallest absolute Gasteiger partial charge is 0.244 e. The van der Waals surface area contributed by atoms with Crippen LogP contribution in [0.1, 0.15) is 0 Å². The van der Waals surface area contributed by atoms with Crippen LogP contribution in [0.2, 0.25) is 0 Å². The van der Waals surface area contributed by atoms with E-state index >= 15 is 0 Å². The molecule has 9 heteroatoms. The molecule has 8 nitrogen and oxygen atoms in total. The van der Waals surface area contributed by atoms with Crippen molar-refractivity contribution in [1.29, 1.82) is 0 Å². The molecule has 0 atom stereocenters. The van der Waals surface area contributed by atoms with Gasteiger partial charge in [-0.15, -0.1) is 0 Å². The zero-order valence-electron chi connectivity index (χ0n) is 11.5. The molecule has 0 radical (unpaired) electrons. The van der Waals surface area contributed by atoms with Gasteiger partial charge in [-0.25, -0.2) is 8.42 Å². The Labute approximate surface area is 121 Å². The van der Waals surface area contributed by atoms with Crippen LogP contribution in [0.4, 0.5) is 0 Å². The van der Waals surface area contributed by atoms with Crippen molar-refractivity contribution >= 4 is 21.8 Å². The molecular formula is C12H14N2O6S. The van der Waals surface area contributed by atoms with Gasteiger partial charge in [0.15, 0.2) is 11.5 Å². The molecule has 1 N–H and O–H groups in total. The van der Waals surface area contributed by atoms with Crippen LogP contribution in [0.25, 0.3) is 0 Å². The molecule has 1 aromatic carbocycles. The van der Waals surface area contributed by atoms with Crippen LogP contribution in [-0.2, 0) is 19.6 Å². The number of carbonyl (C=O) groups excluding carboxylic acids is 2. The second kappa shape index (κ2) is 5.70. The molecule has 1 fully saturated rings. The minimum Gasteiger partial charge on any atom is -0.493 e. The largest absolute Gasteiger partial charge is 0.493 e. The van der Waals surface area contributed by atoms with Gasteiger partial charge in [-0.2, -0.15) is 4.31 Å². The van der Waals surface area contributed by atoms with Gasteiger partial charge in [-0.3, -0.25) is 14.9 Å². The van der Waals surface area contributed by atoms with Gasteiger partial charge in [0.25, 0.3) is 0 Å². The first-order valence-electron chi connectivity index (χ1n) is 5.93. The number of methoxy groups -OCH3 is 2. The summed E-state index contributed by atoms with van der Waals surface area (Å²) in [6.45, 7) is -0.801. The molecule has 1 aromatic rings. The normalized spacial score (nSPS) is 16.5. The molecule has 2 amide bonds. The van der Waals surface area contributed by atoms with Crippen LogP contribution in [0, 0.1) is 0 Å². The topological polar surface area (TPSA) is 102 Å². The van der Waals surface area contributed by atoms with E-state index in [1.165, 1.54) is 32.4 Å². The number of imide groups is 1. The third kappa shape index (κ3) is 2.98. The number of rotatable bonds is 4. The highest BCUT2D eigenvalue weighted by Crippen LogP contribution is 2.30. The zero-order valence-corrected chi connectivity index (χ0v) is 12.3. The van der Waals surface area contributed by atoms with Crippen LogP contribution in [0.15, 0.2) is 23.1 Å². The summed E-state index contributed by atoms with van der Waals surface area (Å²) in [7, 11) is -1.16. The number of carbonyl (C=O) groups is 2. The maximum absolute atomic E-state index is 12.4. The van der Waals surface area contributed by atoms with Gasteiger partial charge in [0.2, 0.25) is 21.8 Å². The number of nitrogens with zero attached hydrogens (tertiary/aromatic N) is 1. The highest BCUT2D eigenvalue weighted by atomic mass is 32.2. The molecule has 0 spiro atoms. The summed E-state index contributed by atoms with van der Waals surface area (Å²) >= 11 is 0. The number of amides is 2. The highest BCUT2D eigenvalue weighted by Gasteiger charge is 2.33. The Kier molecular flexibility index (Phi) is 4.14. The first kappa shape index (κ1) is 15.3. The Morgan fingerprint density at radius 2 is 1.62 bits per heavy atom. The van der Waals surface area contributed by atoms with Crippen molar-refractivity contribution in [1.82, 2.24) is 9.62 Å². The molecule has 1 aliphatic heterocycles. The minimum atomic E-state index is -3.97. The molecule has 0 bridgehead atoms. The van der Waals surface area contributed by atoms with Crippen molar-refractivity contribution in [2.75, 3.05) is 27.3 Å². The Morgan fingerprint density at radius 1 is 1.05 bits per heavy atom. The van der Waals surface area contributed by atoms with Crippen molar-refractivity contribution in [3.8, 4) is 11.5 Å². The van der Waals surface area contributed by atoms with Crippen molar-refractivity contribution < 1.29 is 27.5 Å². The third-order valence-corrected chi connectivity index (χ3v) is 4.70. The number of benzene rings is 1. The standard InChI is InChI=1S/C12H14N2O6S/c1-19-9-4-3-8(5-10(9)20-2)21(17,18)14-6-11(15)13-12(16)7-14/h3-5H,6-7H2,1-2H3,(H,13,15,16). The molecule has 0 saturated carbocycles. The van der Waals surface area contributed by atoms with Crippen molar-refractivity contribution in [2.45, 2.75) is 4.90 Å². The van der Waals surface area contributed by atoms with Crippen LogP contribution in [-0.4, -0.2) is 51.8 Å². The predicted molar refractivity (Wildman–Crippen MR) is 71.5 cm³/mol. The number of nitrogens with one attached hydrogen (secondary N) is 1. The summed E-state index contributed by atoms with van der Waals surface area (Å²) < 4.78 is 35.8. The van der Waals surface area contributed by atoms with E-state index in [9.17, 15) is 18.0 Å². The van der Waals surface area contributed by atoms with E-state index in [1.807, 2.05) is 5.32 Å². The lowest BCUT2D eigenvalue weighted by Crippen LogP contribution is -2.53. The SMILES string of the molecule is COc1ccc(S(=O)(=O)N2CC(=O)NC(=O)C2)cc1OC. The van der Waals surface area contributed by atoms with E-state index < -0.39 is 34.9 Å². The molecular weight excluding hydrogens is 300 g/mol. The maximum Gasteiger partial charge on any atom is 0.244 e. The highest BCUT2D eigenvalue weighted by molar-refractivity contribution is 7.89. The van der Waals surface area contributed by atoms with Gasteiger partial charge in [0.05, 0.1) is 32.2 Å². The average molecular weight is 314 g/mol. The molecule has 0 unspecified atom stereocenters. The Bertz CT molecular complexity index is 669. The second-order valence-electron chi connectivity index (χ2n) is 4.26. The van der Waals surface area contributed by atoms with Gasteiger partial charge in [0.1, 0.15) is 0 Å². The summed E-state index contributed by atoms with van der Waals surface area (Å²) in [4.78, 5) is 22.5. The third-order valence-electron chi connectivity index (χ3n) is 2.91. The Hall–Kier alpha value is -2.13. The summed E-state index contributed by atoms with van der Waals surface area (Å²) in [5.41, 5.74) is 0. The van der Waals surface area contributed by atoms with Gasteiger partial charge >= 0.3 is 0 Å². The van der Waals surface area contributed by atoms with Crippen molar-refractivity contribution in [3.63, 3.8) is 0 Å². The molecule has 0 aliphatic carbocycles. The average Bonchev–Trinajstić information content (AvgIpc) is 2.45. The molecule has 2 rings (SSSR count). The van der Waals surface area contributed by atoms with Gasteiger partial charge < -0.3 is 9.47 Å².